The largest absolute Gasteiger partial charge is 0.504 e. The van der Waals surface area contributed by atoms with E-state index in [2.05, 4.69) is 0 Å². The molecule has 1 rings (SSSR count). The molecule has 0 heterocycles. The summed E-state index contributed by atoms with van der Waals surface area (Å²) in [4.78, 5) is 0. The lowest BCUT2D eigenvalue weighted by molar-refractivity contribution is -0.0183. The summed E-state index contributed by atoms with van der Waals surface area (Å²) in [5, 5.41) is 28.8. The number of aliphatic hydroxyl groups excluding tert-OH is 3. The van der Waals surface area contributed by atoms with Gasteiger partial charge in [-0.1, -0.05) is 19.1 Å². The van der Waals surface area contributed by atoms with E-state index in [0.717, 1.165) is 0 Å². The molecule has 4 nitrogen and oxygen atoms in total. The van der Waals surface area contributed by atoms with E-state index in [1.807, 2.05) is 0 Å². The molecule has 1 aliphatic rings. The standard InChI is InChI=1S/C11H16FNO3/c1-11(10(16)7-13(2)12)5-3-8(14)9(15)4-6-11/h3-6,10,14-16H,7H2,1-2H3. The zero-order valence-electron chi connectivity index (χ0n) is 9.26. The predicted molar refractivity (Wildman–Crippen MR) is 58.4 cm³/mol. The molecule has 90 valence electrons. The van der Waals surface area contributed by atoms with E-state index in [0.29, 0.717) is 5.12 Å². The van der Waals surface area contributed by atoms with Crippen molar-refractivity contribution >= 4 is 0 Å². The van der Waals surface area contributed by atoms with Gasteiger partial charge in [-0.05, 0) is 12.2 Å². The van der Waals surface area contributed by atoms with E-state index in [1.165, 1.54) is 31.4 Å². The number of hydrogen-bond acceptors (Lipinski definition) is 4. The SMILES string of the molecule is CN(F)CC(O)C1(C)C=CC(O)=C(O)C=C1. The van der Waals surface area contributed by atoms with Crippen LogP contribution in [0, 0.1) is 5.41 Å². The van der Waals surface area contributed by atoms with Crippen LogP contribution >= 0.6 is 0 Å². The van der Waals surface area contributed by atoms with Crippen LogP contribution in [-0.4, -0.2) is 40.1 Å². The molecule has 3 N–H and O–H groups in total. The molecule has 1 atom stereocenters. The van der Waals surface area contributed by atoms with Crippen molar-refractivity contribution in [2.75, 3.05) is 13.6 Å². The highest BCUT2D eigenvalue weighted by molar-refractivity contribution is 5.31. The number of hydrogen-bond donors (Lipinski definition) is 3. The molecule has 16 heavy (non-hydrogen) atoms. The van der Waals surface area contributed by atoms with Crippen LogP contribution in [0.2, 0.25) is 0 Å². The topological polar surface area (TPSA) is 63.9 Å². The number of halogens is 1. The zero-order valence-corrected chi connectivity index (χ0v) is 9.26. The van der Waals surface area contributed by atoms with Gasteiger partial charge in [-0.25, -0.2) is 0 Å². The molecule has 0 amide bonds. The van der Waals surface area contributed by atoms with Gasteiger partial charge < -0.3 is 15.3 Å². The number of rotatable bonds is 3. The normalized spacial score (nSPS) is 21.3. The Hall–Kier alpha value is -1.33. The second-order valence-electron chi connectivity index (χ2n) is 4.11. The maximum Gasteiger partial charge on any atom is 0.157 e. The van der Waals surface area contributed by atoms with Crippen LogP contribution in [0.4, 0.5) is 4.48 Å². The van der Waals surface area contributed by atoms with Gasteiger partial charge in [0.25, 0.3) is 0 Å². The highest BCUT2D eigenvalue weighted by atomic mass is 19.2. The molecule has 1 unspecified atom stereocenters. The van der Waals surface area contributed by atoms with E-state index in [1.54, 1.807) is 6.92 Å². The number of aliphatic hydroxyl groups is 3. The van der Waals surface area contributed by atoms with Gasteiger partial charge in [-0.15, -0.1) is 9.60 Å². The third-order valence-corrected chi connectivity index (χ3v) is 2.61. The Kier molecular flexibility index (Phi) is 3.72. The van der Waals surface area contributed by atoms with Gasteiger partial charge in [0.05, 0.1) is 12.6 Å². The Bertz CT molecular complexity index is 325. The fourth-order valence-electron chi connectivity index (χ4n) is 1.40. The molecule has 0 aliphatic heterocycles. The number of likely N-dealkylation sites (N-methyl/N-ethyl adjacent to an activating group) is 1. The summed E-state index contributed by atoms with van der Waals surface area (Å²) < 4.78 is 12.6. The molecule has 0 aromatic heterocycles. The molecule has 0 aromatic carbocycles. The summed E-state index contributed by atoms with van der Waals surface area (Å²) in [6, 6.07) is 0. The van der Waals surface area contributed by atoms with Gasteiger partial charge in [0.2, 0.25) is 0 Å². The summed E-state index contributed by atoms with van der Waals surface area (Å²) in [5.41, 5.74) is -0.835. The van der Waals surface area contributed by atoms with E-state index in [9.17, 15) is 19.8 Å². The third-order valence-electron chi connectivity index (χ3n) is 2.61. The van der Waals surface area contributed by atoms with E-state index in [-0.39, 0.29) is 18.1 Å². The molecule has 0 aromatic rings. The summed E-state index contributed by atoms with van der Waals surface area (Å²) in [6.07, 6.45) is 4.65. The van der Waals surface area contributed by atoms with Crippen LogP contribution in [0.5, 0.6) is 0 Å². The lowest BCUT2D eigenvalue weighted by Gasteiger charge is -2.28. The smallest absolute Gasteiger partial charge is 0.157 e. The Morgan fingerprint density at radius 1 is 1.31 bits per heavy atom. The Morgan fingerprint density at radius 3 is 2.12 bits per heavy atom. The molecular formula is C11H16FNO3. The zero-order chi connectivity index (χ0) is 12.3. The van der Waals surface area contributed by atoms with Crippen LogP contribution in [0.1, 0.15) is 6.92 Å². The van der Waals surface area contributed by atoms with Gasteiger partial charge in [-0.2, -0.15) is 0 Å². The Labute approximate surface area is 93.6 Å². The quantitative estimate of drug-likeness (QED) is 0.643. The van der Waals surface area contributed by atoms with Crippen molar-refractivity contribution in [3.05, 3.63) is 35.8 Å². The van der Waals surface area contributed by atoms with Crippen LogP contribution in [-0.2, 0) is 0 Å². The molecular weight excluding hydrogens is 213 g/mol. The number of allylic oxidation sites excluding steroid dienone is 2. The molecule has 0 saturated heterocycles. The van der Waals surface area contributed by atoms with Gasteiger partial charge in [-0.3, -0.25) is 0 Å². The minimum Gasteiger partial charge on any atom is -0.504 e. The lowest BCUT2D eigenvalue weighted by atomic mass is 9.83. The fraction of sp³-hybridized carbons (Fsp3) is 0.455. The van der Waals surface area contributed by atoms with Gasteiger partial charge in [0, 0.05) is 12.5 Å². The highest BCUT2D eigenvalue weighted by Crippen LogP contribution is 2.29. The summed E-state index contributed by atoms with van der Waals surface area (Å²) in [5.74, 6) is -0.554. The molecule has 0 radical (unpaired) electrons. The monoisotopic (exact) mass is 229 g/mol. The second kappa shape index (κ2) is 4.67. The first kappa shape index (κ1) is 12.7. The Morgan fingerprint density at radius 2 is 1.75 bits per heavy atom. The van der Waals surface area contributed by atoms with Crippen molar-refractivity contribution in [1.29, 1.82) is 0 Å². The average Bonchev–Trinajstić information content (AvgIpc) is 2.32. The molecule has 1 aliphatic carbocycles. The summed E-state index contributed by atoms with van der Waals surface area (Å²) in [6.45, 7) is 1.52. The van der Waals surface area contributed by atoms with Gasteiger partial charge >= 0.3 is 0 Å². The maximum atomic E-state index is 12.6. The first-order valence-electron chi connectivity index (χ1n) is 4.91. The molecule has 0 spiro atoms. The molecule has 5 heteroatoms. The summed E-state index contributed by atoms with van der Waals surface area (Å²) in [7, 11) is 1.21. The van der Waals surface area contributed by atoms with Crippen molar-refractivity contribution in [2.24, 2.45) is 5.41 Å². The molecule has 0 saturated carbocycles. The summed E-state index contributed by atoms with van der Waals surface area (Å²) >= 11 is 0. The van der Waals surface area contributed by atoms with Crippen molar-refractivity contribution in [3.63, 3.8) is 0 Å². The van der Waals surface area contributed by atoms with Gasteiger partial charge in [0.15, 0.2) is 11.5 Å². The van der Waals surface area contributed by atoms with E-state index in [4.69, 9.17) is 0 Å². The number of nitrogens with zero attached hydrogens (tertiary/aromatic N) is 1. The van der Waals surface area contributed by atoms with Gasteiger partial charge in [0.1, 0.15) is 0 Å². The van der Waals surface area contributed by atoms with Crippen LogP contribution in [0.3, 0.4) is 0 Å². The molecule has 0 bridgehead atoms. The minimum absolute atomic E-state index is 0.160. The first-order chi connectivity index (χ1) is 7.35. The van der Waals surface area contributed by atoms with Crippen LogP contribution in [0.15, 0.2) is 35.8 Å². The van der Waals surface area contributed by atoms with Crippen molar-refractivity contribution < 1.29 is 19.8 Å². The Balaban J connectivity index is 2.89. The van der Waals surface area contributed by atoms with Crippen molar-refractivity contribution in [2.45, 2.75) is 13.0 Å². The fourth-order valence-corrected chi connectivity index (χ4v) is 1.40. The first-order valence-corrected chi connectivity index (χ1v) is 4.91. The average molecular weight is 229 g/mol. The van der Waals surface area contributed by atoms with Crippen molar-refractivity contribution in [1.82, 2.24) is 5.12 Å². The second-order valence-corrected chi connectivity index (χ2v) is 4.11. The van der Waals surface area contributed by atoms with Crippen molar-refractivity contribution in [3.8, 4) is 0 Å². The maximum absolute atomic E-state index is 12.6. The third kappa shape index (κ3) is 2.84. The minimum atomic E-state index is -0.978. The lowest BCUT2D eigenvalue weighted by Crippen LogP contribution is -2.36. The predicted octanol–water partition coefficient (Wildman–Crippen LogP) is 1.62. The highest BCUT2D eigenvalue weighted by Gasteiger charge is 2.30. The molecule has 0 fully saturated rings. The van der Waals surface area contributed by atoms with E-state index >= 15 is 0 Å². The van der Waals surface area contributed by atoms with Crippen LogP contribution in [0.25, 0.3) is 0 Å². The van der Waals surface area contributed by atoms with E-state index < -0.39 is 11.5 Å². The van der Waals surface area contributed by atoms with Crippen LogP contribution < -0.4 is 0 Å².